The molecule has 7 nitrogen and oxygen atoms in total. The summed E-state index contributed by atoms with van der Waals surface area (Å²) in [5, 5.41) is 7.49. The van der Waals surface area contributed by atoms with Crippen LogP contribution in [0.4, 0.5) is 19.0 Å². The van der Waals surface area contributed by atoms with Gasteiger partial charge in [-0.05, 0) is 36.2 Å². The van der Waals surface area contributed by atoms with Crippen LogP contribution in [0.15, 0.2) is 36.4 Å². The van der Waals surface area contributed by atoms with Crippen LogP contribution in [0.3, 0.4) is 0 Å². The number of nitrogen functional groups attached to an aromatic ring is 1. The third-order valence-electron chi connectivity index (χ3n) is 4.39. The summed E-state index contributed by atoms with van der Waals surface area (Å²) in [7, 11) is 0. The highest BCUT2D eigenvalue weighted by atomic mass is 35.5. The Morgan fingerprint density at radius 2 is 1.80 bits per heavy atom. The fraction of sp³-hybridized carbons (Fsp3) is 0.158. The van der Waals surface area contributed by atoms with E-state index in [9.17, 15) is 22.8 Å². The van der Waals surface area contributed by atoms with Crippen molar-refractivity contribution >= 4 is 29.1 Å². The molecule has 3 rings (SSSR count). The molecule has 3 aromatic rings. The molecule has 1 amide bonds. The van der Waals surface area contributed by atoms with Crippen molar-refractivity contribution in [3.8, 4) is 0 Å². The smallest absolute Gasteiger partial charge is 0.382 e. The van der Waals surface area contributed by atoms with E-state index in [4.69, 9.17) is 23.1 Å². The van der Waals surface area contributed by atoms with Crippen molar-refractivity contribution < 1.29 is 22.8 Å². The monoisotopic (exact) mass is 437 g/mol. The average Bonchev–Trinajstić information content (AvgIpc) is 3.01. The van der Waals surface area contributed by atoms with Crippen molar-refractivity contribution in [3.05, 3.63) is 74.9 Å². The van der Waals surface area contributed by atoms with E-state index < -0.39 is 23.4 Å². The Labute approximate surface area is 173 Å². The number of carbonyl (C=O) groups is 2. The first-order valence-corrected chi connectivity index (χ1v) is 8.86. The van der Waals surface area contributed by atoms with E-state index >= 15 is 0 Å². The van der Waals surface area contributed by atoms with Crippen LogP contribution in [-0.4, -0.2) is 26.7 Å². The fourth-order valence-corrected chi connectivity index (χ4v) is 3.31. The number of aromatic nitrogens is 3. The lowest BCUT2D eigenvalue weighted by Crippen LogP contribution is -2.15. The Morgan fingerprint density at radius 3 is 2.30 bits per heavy atom. The number of ketones is 1. The van der Waals surface area contributed by atoms with Crippen LogP contribution in [0.25, 0.3) is 0 Å². The van der Waals surface area contributed by atoms with E-state index in [0.717, 1.165) is 24.3 Å². The zero-order valence-corrected chi connectivity index (χ0v) is 16.3. The second-order valence-electron chi connectivity index (χ2n) is 6.52. The van der Waals surface area contributed by atoms with Crippen LogP contribution in [0.5, 0.6) is 0 Å². The maximum atomic E-state index is 12.8. The quantitative estimate of drug-likeness (QED) is 0.594. The summed E-state index contributed by atoms with van der Waals surface area (Å²) >= 11 is 6.29. The van der Waals surface area contributed by atoms with Crippen molar-refractivity contribution in [1.82, 2.24) is 15.0 Å². The maximum Gasteiger partial charge on any atom is 0.416 e. The molecule has 0 radical (unpaired) electrons. The van der Waals surface area contributed by atoms with Gasteiger partial charge in [0.15, 0.2) is 17.3 Å². The zero-order chi connectivity index (χ0) is 22.2. The number of hydrogen-bond acceptors (Lipinski definition) is 5. The summed E-state index contributed by atoms with van der Waals surface area (Å²) in [6.45, 7) is 1.76. The first-order valence-electron chi connectivity index (χ1n) is 8.48. The van der Waals surface area contributed by atoms with Gasteiger partial charge in [0, 0.05) is 11.1 Å². The van der Waals surface area contributed by atoms with Crippen molar-refractivity contribution in [2.24, 2.45) is 5.73 Å². The molecule has 0 unspecified atom stereocenters. The van der Waals surface area contributed by atoms with Gasteiger partial charge in [0.05, 0.1) is 17.1 Å². The summed E-state index contributed by atoms with van der Waals surface area (Å²) in [6, 6.07) is 7.07. The Hall–Kier alpha value is -3.40. The van der Waals surface area contributed by atoms with Gasteiger partial charge < -0.3 is 11.5 Å². The molecule has 0 bridgehead atoms. The van der Waals surface area contributed by atoms with E-state index in [-0.39, 0.29) is 34.2 Å². The summed E-state index contributed by atoms with van der Waals surface area (Å²) in [4.78, 5) is 24.0. The summed E-state index contributed by atoms with van der Waals surface area (Å²) < 4.78 is 39.4. The Balaban J connectivity index is 1.89. The van der Waals surface area contributed by atoms with Gasteiger partial charge >= 0.3 is 6.18 Å². The number of carbonyl (C=O) groups excluding carboxylic acids is 2. The van der Waals surface area contributed by atoms with Crippen LogP contribution in [0.1, 0.15) is 43.1 Å². The molecule has 2 aromatic carbocycles. The minimum absolute atomic E-state index is 0.0128. The molecule has 0 atom stereocenters. The third-order valence-corrected chi connectivity index (χ3v) is 4.69. The van der Waals surface area contributed by atoms with E-state index in [0.29, 0.717) is 11.1 Å². The zero-order valence-electron chi connectivity index (χ0n) is 15.5. The van der Waals surface area contributed by atoms with Crippen LogP contribution >= 0.6 is 11.6 Å². The lowest BCUT2D eigenvalue weighted by molar-refractivity contribution is -0.137. The van der Waals surface area contributed by atoms with E-state index in [2.05, 4.69) is 10.3 Å². The highest BCUT2D eigenvalue weighted by Gasteiger charge is 2.30. The van der Waals surface area contributed by atoms with Gasteiger partial charge in [0.1, 0.15) is 0 Å². The third kappa shape index (κ3) is 4.13. The van der Waals surface area contributed by atoms with Gasteiger partial charge in [0.2, 0.25) is 0 Å². The number of amides is 1. The number of rotatable bonds is 5. The second kappa shape index (κ2) is 7.79. The number of anilines is 1. The van der Waals surface area contributed by atoms with E-state index in [1.54, 1.807) is 13.0 Å². The molecule has 0 aliphatic rings. The van der Waals surface area contributed by atoms with Crippen LogP contribution in [-0.2, 0) is 12.7 Å². The minimum atomic E-state index is -4.49. The lowest BCUT2D eigenvalue weighted by atomic mass is 9.96. The SMILES string of the molecule is Cc1cc(Cn2nnc(C(N)=O)c2N)cc(Cl)c1C(=O)c1ccc(C(F)(F)F)cc1. The molecule has 0 fully saturated rings. The molecule has 30 heavy (non-hydrogen) atoms. The molecule has 0 aliphatic carbocycles. The predicted octanol–water partition coefficient (Wildman–Crippen LogP) is 3.22. The number of nitrogens with two attached hydrogens (primary N) is 2. The Bertz CT molecular complexity index is 1120. The number of benzene rings is 2. The molecule has 11 heteroatoms. The van der Waals surface area contributed by atoms with Gasteiger partial charge in [-0.15, -0.1) is 5.10 Å². The topological polar surface area (TPSA) is 117 Å². The highest BCUT2D eigenvalue weighted by Crippen LogP contribution is 2.30. The van der Waals surface area contributed by atoms with Crippen LogP contribution in [0, 0.1) is 6.92 Å². The van der Waals surface area contributed by atoms with Gasteiger partial charge in [-0.2, -0.15) is 13.2 Å². The van der Waals surface area contributed by atoms with Gasteiger partial charge in [-0.25, -0.2) is 4.68 Å². The maximum absolute atomic E-state index is 12.8. The van der Waals surface area contributed by atoms with E-state index in [1.165, 1.54) is 10.7 Å². The highest BCUT2D eigenvalue weighted by molar-refractivity contribution is 6.35. The number of aryl methyl sites for hydroxylation is 1. The summed E-state index contributed by atoms with van der Waals surface area (Å²) in [6.07, 6.45) is -4.49. The van der Waals surface area contributed by atoms with Gasteiger partial charge in [-0.3, -0.25) is 9.59 Å². The molecular formula is C19H15ClF3N5O2. The van der Waals surface area contributed by atoms with E-state index in [1.807, 2.05) is 0 Å². The normalized spacial score (nSPS) is 11.5. The number of primary amides is 1. The number of nitrogens with zero attached hydrogens (tertiary/aromatic N) is 3. The first kappa shape index (κ1) is 21.3. The minimum Gasteiger partial charge on any atom is -0.382 e. The number of hydrogen-bond donors (Lipinski definition) is 2. The average molecular weight is 438 g/mol. The Kier molecular flexibility index (Phi) is 5.53. The predicted molar refractivity (Wildman–Crippen MR) is 103 cm³/mol. The van der Waals surface area contributed by atoms with Gasteiger partial charge in [-0.1, -0.05) is 35.0 Å². The number of alkyl halides is 3. The molecule has 0 spiro atoms. The van der Waals surface area contributed by atoms with Crippen molar-refractivity contribution in [3.63, 3.8) is 0 Å². The molecule has 1 heterocycles. The van der Waals surface area contributed by atoms with Crippen molar-refractivity contribution in [2.75, 3.05) is 5.73 Å². The molecule has 156 valence electrons. The summed E-state index contributed by atoms with van der Waals surface area (Å²) in [5.41, 5.74) is 11.3. The lowest BCUT2D eigenvalue weighted by Gasteiger charge is -2.12. The molecule has 1 aromatic heterocycles. The largest absolute Gasteiger partial charge is 0.416 e. The fourth-order valence-electron chi connectivity index (χ4n) is 2.93. The van der Waals surface area contributed by atoms with Gasteiger partial charge in [0.25, 0.3) is 5.91 Å². The molecule has 0 saturated heterocycles. The molecule has 0 saturated carbocycles. The summed E-state index contributed by atoms with van der Waals surface area (Å²) in [5.74, 6) is -1.33. The second-order valence-corrected chi connectivity index (χ2v) is 6.93. The van der Waals surface area contributed by atoms with Crippen LogP contribution < -0.4 is 11.5 Å². The molecule has 0 aliphatic heterocycles. The molecule has 4 N–H and O–H groups in total. The number of halogens is 4. The Morgan fingerprint density at radius 1 is 1.17 bits per heavy atom. The molecular weight excluding hydrogens is 423 g/mol. The van der Waals surface area contributed by atoms with Crippen molar-refractivity contribution in [2.45, 2.75) is 19.6 Å². The standard InChI is InChI=1S/C19H15ClF3N5O2/c1-9-6-10(8-28-17(24)15(18(25)30)26-27-28)7-13(20)14(9)16(29)11-2-4-12(5-3-11)19(21,22)23/h2-7H,8,24H2,1H3,(H2,25,30). The van der Waals surface area contributed by atoms with Crippen molar-refractivity contribution in [1.29, 1.82) is 0 Å². The first-order chi connectivity index (χ1) is 14.0. The van der Waals surface area contributed by atoms with Crippen LogP contribution in [0.2, 0.25) is 5.02 Å².